The van der Waals surface area contributed by atoms with Gasteiger partial charge in [0, 0.05) is 25.7 Å². The first-order valence-corrected chi connectivity index (χ1v) is 9.16. The number of hydrogen-bond acceptors (Lipinski definition) is 7. The van der Waals surface area contributed by atoms with Crippen molar-refractivity contribution in [1.82, 2.24) is 4.90 Å². The summed E-state index contributed by atoms with van der Waals surface area (Å²) < 4.78 is 10.6. The summed E-state index contributed by atoms with van der Waals surface area (Å²) in [5.74, 6) is -2.19. The van der Waals surface area contributed by atoms with E-state index in [1.807, 2.05) is 0 Å². The first-order valence-electron chi connectivity index (χ1n) is 9.16. The van der Waals surface area contributed by atoms with E-state index in [4.69, 9.17) is 9.47 Å². The molecule has 7 heteroatoms. The minimum Gasteiger partial charge on any atom is -0.465 e. The zero-order valence-corrected chi connectivity index (χ0v) is 16.9. The normalized spacial score (nSPS) is 18.8. The van der Waals surface area contributed by atoms with E-state index in [0.29, 0.717) is 22.7 Å². The molecule has 0 N–H and O–H groups in total. The summed E-state index contributed by atoms with van der Waals surface area (Å²) >= 11 is 0. The molecule has 7 nitrogen and oxygen atoms in total. The average Bonchev–Trinajstić information content (AvgIpc) is 2.67. The molecule has 1 aliphatic rings. The molecule has 148 valence electrons. The number of rotatable bonds is 6. The molecule has 0 aromatic heterocycles. The number of hydrogen-bond donors (Lipinski definition) is 0. The van der Waals surface area contributed by atoms with Crippen molar-refractivity contribution in [3.8, 4) is 6.07 Å². The number of ether oxygens (including phenoxy) is 2. The van der Waals surface area contributed by atoms with Gasteiger partial charge in [-0.15, -0.1) is 0 Å². The third kappa shape index (κ3) is 4.06. The lowest BCUT2D eigenvalue weighted by atomic mass is 9.75. The molecule has 0 fully saturated rings. The van der Waals surface area contributed by atoms with E-state index in [1.165, 1.54) is 0 Å². The number of benzene rings is 1. The maximum Gasteiger partial charge on any atom is 0.338 e. The van der Waals surface area contributed by atoms with Crippen molar-refractivity contribution in [2.24, 2.45) is 10.9 Å². The van der Waals surface area contributed by atoms with Crippen LogP contribution in [0.3, 0.4) is 0 Å². The van der Waals surface area contributed by atoms with Gasteiger partial charge in [-0.25, -0.2) is 9.79 Å². The first-order chi connectivity index (χ1) is 13.4. The fourth-order valence-electron chi connectivity index (χ4n) is 3.36. The van der Waals surface area contributed by atoms with Crippen LogP contribution < -0.4 is 0 Å². The molecule has 0 bridgehead atoms. The predicted molar refractivity (Wildman–Crippen MR) is 104 cm³/mol. The van der Waals surface area contributed by atoms with Crippen LogP contribution in [-0.2, 0) is 19.1 Å². The Hall–Kier alpha value is -3.14. The van der Waals surface area contributed by atoms with Gasteiger partial charge in [0.15, 0.2) is 0 Å². The molecule has 2 unspecified atom stereocenters. The molecule has 1 aromatic rings. The van der Waals surface area contributed by atoms with Crippen LogP contribution in [0.15, 0.2) is 40.7 Å². The van der Waals surface area contributed by atoms with E-state index in [-0.39, 0.29) is 18.8 Å². The van der Waals surface area contributed by atoms with Gasteiger partial charge in [-0.3, -0.25) is 4.79 Å². The topological polar surface area (TPSA) is 92.0 Å². The molecule has 0 radical (unpaired) electrons. The van der Waals surface area contributed by atoms with Crippen molar-refractivity contribution in [3.63, 3.8) is 0 Å². The van der Waals surface area contributed by atoms with Crippen LogP contribution in [0, 0.1) is 17.2 Å². The third-order valence-corrected chi connectivity index (χ3v) is 4.49. The molecular weight excluding hydrogens is 358 g/mol. The van der Waals surface area contributed by atoms with Crippen LogP contribution in [0.5, 0.6) is 0 Å². The zero-order chi connectivity index (χ0) is 20.8. The van der Waals surface area contributed by atoms with Gasteiger partial charge >= 0.3 is 11.9 Å². The molecule has 0 saturated heterocycles. The van der Waals surface area contributed by atoms with Crippen molar-refractivity contribution in [2.45, 2.75) is 26.7 Å². The van der Waals surface area contributed by atoms with Gasteiger partial charge < -0.3 is 14.4 Å². The number of aliphatic imine (C=N–C) groups is 1. The van der Waals surface area contributed by atoms with Crippen molar-refractivity contribution < 1.29 is 19.1 Å². The van der Waals surface area contributed by atoms with Crippen LogP contribution >= 0.6 is 0 Å². The molecule has 2 rings (SSSR count). The molecule has 0 amide bonds. The molecule has 2 atom stereocenters. The van der Waals surface area contributed by atoms with Gasteiger partial charge in [-0.2, -0.15) is 5.26 Å². The number of nitrogens with zero attached hydrogens (tertiary/aromatic N) is 3. The van der Waals surface area contributed by atoms with E-state index in [2.05, 4.69) is 11.1 Å². The van der Waals surface area contributed by atoms with Gasteiger partial charge in [0.1, 0.15) is 11.7 Å². The van der Waals surface area contributed by atoms with Gasteiger partial charge in [0.05, 0.1) is 30.4 Å². The second-order valence-electron chi connectivity index (χ2n) is 6.51. The average molecular weight is 383 g/mol. The smallest absolute Gasteiger partial charge is 0.338 e. The molecule has 1 heterocycles. The Balaban J connectivity index is 2.81. The maximum atomic E-state index is 12.9. The molecule has 1 aliphatic heterocycles. The van der Waals surface area contributed by atoms with Gasteiger partial charge in [0.25, 0.3) is 0 Å². The number of carbonyl (C=O) groups is 2. The second kappa shape index (κ2) is 9.18. The van der Waals surface area contributed by atoms with Crippen molar-refractivity contribution >= 4 is 17.7 Å². The Kier molecular flexibility index (Phi) is 6.94. The van der Waals surface area contributed by atoms with E-state index < -0.39 is 23.8 Å². The highest BCUT2D eigenvalue weighted by Crippen LogP contribution is 2.41. The highest BCUT2D eigenvalue weighted by molar-refractivity contribution is 6.07. The Labute approximate surface area is 165 Å². The van der Waals surface area contributed by atoms with Crippen molar-refractivity contribution in [1.29, 1.82) is 5.26 Å². The third-order valence-electron chi connectivity index (χ3n) is 4.49. The minimum absolute atomic E-state index is 0.183. The molecule has 0 aliphatic carbocycles. The Morgan fingerprint density at radius 1 is 1.18 bits per heavy atom. The maximum absolute atomic E-state index is 12.9. The quantitative estimate of drug-likeness (QED) is 0.701. The summed E-state index contributed by atoms with van der Waals surface area (Å²) in [5.41, 5.74) is 1.72. The fraction of sp³-hybridized carbons (Fsp3) is 0.429. The summed E-state index contributed by atoms with van der Waals surface area (Å²) in [6, 6.07) is 9.09. The van der Waals surface area contributed by atoms with Gasteiger partial charge in [-0.05, 0) is 32.4 Å². The summed E-state index contributed by atoms with van der Waals surface area (Å²) in [7, 11) is 3.53. The number of nitriles is 1. The summed E-state index contributed by atoms with van der Waals surface area (Å²) in [5, 5.41) is 9.61. The fourth-order valence-corrected chi connectivity index (χ4v) is 3.36. The lowest BCUT2D eigenvalue weighted by molar-refractivity contribution is -0.146. The SMILES string of the molecule is CCOC(=O)C1=C(N(C)C)N=C(C)C(C(=O)OCC)C1c1ccccc1C#N. The Morgan fingerprint density at radius 3 is 2.39 bits per heavy atom. The number of esters is 2. The van der Waals surface area contributed by atoms with Crippen molar-refractivity contribution in [2.75, 3.05) is 27.3 Å². The molecule has 28 heavy (non-hydrogen) atoms. The Morgan fingerprint density at radius 2 is 1.82 bits per heavy atom. The predicted octanol–water partition coefficient (Wildman–Crippen LogP) is 2.63. The standard InChI is InChI=1S/C21H25N3O4/c1-6-27-20(25)16-13(3)23-19(24(4)5)18(21(26)28-7-2)17(16)15-11-9-8-10-14(15)12-22/h8-11,16-17H,6-7H2,1-5H3. The van der Waals surface area contributed by atoms with E-state index >= 15 is 0 Å². The van der Waals surface area contributed by atoms with E-state index in [0.717, 1.165) is 0 Å². The van der Waals surface area contributed by atoms with Crippen molar-refractivity contribution in [3.05, 3.63) is 46.8 Å². The monoisotopic (exact) mass is 383 g/mol. The first kappa shape index (κ1) is 21.2. The highest BCUT2D eigenvalue weighted by Gasteiger charge is 2.44. The van der Waals surface area contributed by atoms with Crippen LogP contribution in [0.25, 0.3) is 0 Å². The molecular formula is C21H25N3O4. The summed E-state index contributed by atoms with van der Waals surface area (Å²) in [4.78, 5) is 32.0. The minimum atomic E-state index is -0.822. The van der Waals surface area contributed by atoms with Crippen LogP contribution in [0.4, 0.5) is 0 Å². The Bertz CT molecular complexity index is 865. The van der Waals surface area contributed by atoms with E-state index in [9.17, 15) is 14.9 Å². The van der Waals surface area contributed by atoms with Crippen LogP contribution in [0.1, 0.15) is 37.8 Å². The molecule has 1 aromatic carbocycles. The molecule has 0 spiro atoms. The highest BCUT2D eigenvalue weighted by atomic mass is 16.5. The van der Waals surface area contributed by atoms with Gasteiger partial charge in [-0.1, -0.05) is 18.2 Å². The summed E-state index contributed by atoms with van der Waals surface area (Å²) in [6.07, 6.45) is 0. The zero-order valence-electron chi connectivity index (χ0n) is 16.9. The van der Waals surface area contributed by atoms with Gasteiger partial charge in [0.2, 0.25) is 0 Å². The van der Waals surface area contributed by atoms with Crippen LogP contribution in [0.2, 0.25) is 0 Å². The van der Waals surface area contributed by atoms with E-state index in [1.54, 1.807) is 64.0 Å². The lowest BCUT2D eigenvalue weighted by Crippen LogP contribution is -2.39. The summed E-state index contributed by atoms with van der Waals surface area (Å²) in [6.45, 7) is 5.55. The van der Waals surface area contributed by atoms with Crippen LogP contribution in [-0.4, -0.2) is 49.9 Å². The lowest BCUT2D eigenvalue weighted by Gasteiger charge is -2.34. The number of carbonyl (C=O) groups excluding carboxylic acids is 2. The largest absolute Gasteiger partial charge is 0.465 e. The second-order valence-corrected chi connectivity index (χ2v) is 6.51. The molecule has 0 saturated carbocycles.